The summed E-state index contributed by atoms with van der Waals surface area (Å²) >= 11 is 0. The SMILES string of the molecule is Cc1ccccc1C1(C(=O)Nc2ccc(-c3nnc4n3CCCC4)cc2)CC1. The minimum atomic E-state index is -0.365. The van der Waals surface area contributed by atoms with Crippen LogP contribution in [0.1, 0.15) is 42.6 Å². The highest BCUT2D eigenvalue weighted by atomic mass is 16.2. The topological polar surface area (TPSA) is 59.8 Å². The first-order valence-corrected chi connectivity index (χ1v) is 10.1. The maximum atomic E-state index is 13.0. The second kappa shape index (κ2) is 6.59. The first-order valence-electron chi connectivity index (χ1n) is 10.1. The van der Waals surface area contributed by atoms with Crippen molar-refractivity contribution >= 4 is 11.6 Å². The maximum Gasteiger partial charge on any atom is 0.235 e. The molecular weight excluding hydrogens is 348 g/mol. The normalized spacial score (nSPS) is 17.0. The largest absolute Gasteiger partial charge is 0.325 e. The lowest BCUT2D eigenvalue weighted by atomic mass is 9.91. The molecule has 3 aromatic rings. The summed E-state index contributed by atoms with van der Waals surface area (Å²) in [6, 6.07) is 16.2. The molecule has 1 fully saturated rings. The highest BCUT2D eigenvalue weighted by Gasteiger charge is 2.51. The third kappa shape index (κ3) is 2.82. The molecule has 0 bridgehead atoms. The second-order valence-electron chi connectivity index (χ2n) is 7.98. The highest BCUT2D eigenvalue weighted by Crippen LogP contribution is 2.50. The van der Waals surface area contributed by atoms with Crippen molar-refractivity contribution < 1.29 is 4.79 Å². The second-order valence-corrected chi connectivity index (χ2v) is 7.98. The quantitative estimate of drug-likeness (QED) is 0.744. The molecule has 1 aliphatic heterocycles. The summed E-state index contributed by atoms with van der Waals surface area (Å²) in [5.41, 5.74) is 3.84. The number of amides is 1. The molecule has 1 amide bonds. The molecule has 0 saturated heterocycles. The first kappa shape index (κ1) is 17.2. The summed E-state index contributed by atoms with van der Waals surface area (Å²) in [7, 11) is 0. The lowest BCUT2D eigenvalue weighted by Crippen LogP contribution is -2.28. The molecule has 0 spiro atoms. The predicted molar refractivity (Wildman–Crippen MR) is 109 cm³/mol. The van der Waals surface area contributed by atoms with E-state index in [2.05, 4.69) is 39.1 Å². The van der Waals surface area contributed by atoms with Gasteiger partial charge in [0.1, 0.15) is 5.82 Å². The van der Waals surface area contributed by atoms with Gasteiger partial charge < -0.3 is 9.88 Å². The fourth-order valence-corrected chi connectivity index (χ4v) is 4.33. The van der Waals surface area contributed by atoms with Crippen molar-refractivity contribution in [2.45, 2.75) is 51.0 Å². The number of anilines is 1. The van der Waals surface area contributed by atoms with E-state index >= 15 is 0 Å². The Kier molecular flexibility index (Phi) is 4.04. The van der Waals surface area contributed by atoms with Crippen molar-refractivity contribution in [1.82, 2.24) is 14.8 Å². The standard InChI is InChI=1S/C23H24N4O/c1-16-6-2-3-7-19(16)23(13-14-23)22(28)24-18-11-9-17(10-12-18)21-26-25-20-8-4-5-15-27(20)21/h2-3,6-7,9-12H,4-5,8,13-15H2,1H3,(H,24,28). The summed E-state index contributed by atoms with van der Waals surface area (Å²) in [5.74, 6) is 2.09. The van der Waals surface area contributed by atoms with E-state index in [4.69, 9.17) is 0 Å². The molecule has 1 N–H and O–H groups in total. The van der Waals surface area contributed by atoms with E-state index in [1.807, 2.05) is 36.4 Å². The molecule has 1 aromatic heterocycles. The maximum absolute atomic E-state index is 13.0. The Morgan fingerprint density at radius 1 is 1.04 bits per heavy atom. The molecule has 28 heavy (non-hydrogen) atoms. The average Bonchev–Trinajstić information content (AvgIpc) is 3.42. The summed E-state index contributed by atoms with van der Waals surface area (Å²) in [6.07, 6.45) is 5.18. The summed E-state index contributed by atoms with van der Waals surface area (Å²) in [6.45, 7) is 3.06. The van der Waals surface area contributed by atoms with Gasteiger partial charge in [0, 0.05) is 24.2 Å². The highest BCUT2D eigenvalue weighted by molar-refractivity contribution is 6.01. The van der Waals surface area contributed by atoms with Crippen LogP contribution in [-0.4, -0.2) is 20.7 Å². The Morgan fingerprint density at radius 2 is 1.82 bits per heavy atom. The Morgan fingerprint density at radius 3 is 2.57 bits per heavy atom. The number of nitrogens with zero attached hydrogens (tertiary/aromatic N) is 3. The van der Waals surface area contributed by atoms with Crippen molar-refractivity contribution in [3.63, 3.8) is 0 Å². The fraction of sp³-hybridized carbons (Fsp3) is 0.348. The molecule has 2 aliphatic rings. The van der Waals surface area contributed by atoms with Crippen molar-refractivity contribution in [1.29, 1.82) is 0 Å². The molecule has 1 aliphatic carbocycles. The number of hydrogen-bond acceptors (Lipinski definition) is 3. The van der Waals surface area contributed by atoms with Gasteiger partial charge in [0.15, 0.2) is 5.82 Å². The molecular formula is C23H24N4O. The van der Waals surface area contributed by atoms with Gasteiger partial charge >= 0.3 is 0 Å². The number of aromatic nitrogens is 3. The molecule has 2 heterocycles. The van der Waals surface area contributed by atoms with Gasteiger partial charge in [-0.05, 0) is 68.0 Å². The fourth-order valence-electron chi connectivity index (χ4n) is 4.33. The zero-order valence-corrected chi connectivity index (χ0v) is 16.1. The van der Waals surface area contributed by atoms with Gasteiger partial charge in [-0.25, -0.2) is 0 Å². The van der Waals surface area contributed by atoms with Crippen molar-refractivity contribution in [3.05, 3.63) is 65.5 Å². The van der Waals surface area contributed by atoms with E-state index < -0.39 is 0 Å². The van der Waals surface area contributed by atoms with Crippen LogP contribution in [0.3, 0.4) is 0 Å². The zero-order chi connectivity index (χ0) is 19.1. The predicted octanol–water partition coefficient (Wildman–Crippen LogP) is 4.26. The molecule has 0 radical (unpaired) electrons. The Bertz CT molecular complexity index is 1030. The van der Waals surface area contributed by atoms with Crippen LogP contribution in [0.25, 0.3) is 11.4 Å². The molecule has 5 heteroatoms. The van der Waals surface area contributed by atoms with Gasteiger partial charge in [0.2, 0.25) is 5.91 Å². The van der Waals surface area contributed by atoms with Crippen LogP contribution >= 0.6 is 0 Å². The number of rotatable bonds is 4. The smallest absolute Gasteiger partial charge is 0.235 e. The van der Waals surface area contributed by atoms with E-state index in [-0.39, 0.29) is 11.3 Å². The first-order chi connectivity index (χ1) is 13.7. The third-order valence-electron chi connectivity index (χ3n) is 6.11. The van der Waals surface area contributed by atoms with Gasteiger partial charge in [-0.15, -0.1) is 10.2 Å². The van der Waals surface area contributed by atoms with Crippen LogP contribution in [0.2, 0.25) is 0 Å². The number of aryl methyl sites for hydroxylation is 2. The van der Waals surface area contributed by atoms with Gasteiger partial charge in [-0.3, -0.25) is 4.79 Å². The van der Waals surface area contributed by atoms with Gasteiger partial charge in [0.25, 0.3) is 0 Å². The lowest BCUT2D eigenvalue weighted by molar-refractivity contribution is -0.118. The van der Waals surface area contributed by atoms with E-state index in [1.54, 1.807) is 0 Å². The summed E-state index contributed by atoms with van der Waals surface area (Å²) < 4.78 is 2.22. The van der Waals surface area contributed by atoms with Crippen LogP contribution in [0.15, 0.2) is 48.5 Å². The van der Waals surface area contributed by atoms with Crippen LogP contribution < -0.4 is 5.32 Å². The minimum Gasteiger partial charge on any atom is -0.325 e. The van der Waals surface area contributed by atoms with E-state index in [9.17, 15) is 4.79 Å². The van der Waals surface area contributed by atoms with Crippen LogP contribution in [0, 0.1) is 6.92 Å². The molecule has 1 saturated carbocycles. The van der Waals surface area contributed by atoms with Gasteiger partial charge in [-0.2, -0.15) is 0 Å². The number of benzene rings is 2. The Balaban J connectivity index is 1.35. The molecule has 2 aromatic carbocycles. The van der Waals surface area contributed by atoms with Crippen molar-refractivity contribution in [3.8, 4) is 11.4 Å². The Labute approximate surface area is 164 Å². The van der Waals surface area contributed by atoms with Gasteiger partial charge in [-0.1, -0.05) is 24.3 Å². The summed E-state index contributed by atoms with van der Waals surface area (Å²) in [4.78, 5) is 13.0. The molecule has 142 valence electrons. The van der Waals surface area contributed by atoms with Crippen LogP contribution in [0.4, 0.5) is 5.69 Å². The summed E-state index contributed by atoms with van der Waals surface area (Å²) in [5, 5.41) is 11.8. The number of hydrogen-bond donors (Lipinski definition) is 1. The van der Waals surface area contributed by atoms with E-state index in [0.717, 1.165) is 54.3 Å². The molecule has 5 nitrogen and oxygen atoms in total. The lowest BCUT2D eigenvalue weighted by Gasteiger charge is -2.18. The number of carbonyl (C=O) groups excluding carboxylic acids is 1. The van der Waals surface area contributed by atoms with Crippen LogP contribution in [0.5, 0.6) is 0 Å². The van der Waals surface area contributed by atoms with Crippen molar-refractivity contribution in [2.24, 2.45) is 0 Å². The number of carbonyl (C=O) groups is 1. The number of fused-ring (bicyclic) bond motifs is 1. The minimum absolute atomic E-state index is 0.0920. The average molecular weight is 372 g/mol. The van der Waals surface area contributed by atoms with E-state index in [1.165, 1.54) is 18.4 Å². The molecule has 0 atom stereocenters. The Hall–Kier alpha value is -2.95. The third-order valence-corrected chi connectivity index (χ3v) is 6.11. The van der Waals surface area contributed by atoms with Gasteiger partial charge in [0.05, 0.1) is 5.41 Å². The van der Waals surface area contributed by atoms with Crippen molar-refractivity contribution in [2.75, 3.05) is 5.32 Å². The van der Waals surface area contributed by atoms with E-state index in [0.29, 0.717) is 0 Å². The molecule has 5 rings (SSSR count). The zero-order valence-electron chi connectivity index (χ0n) is 16.1. The molecule has 0 unspecified atom stereocenters. The number of nitrogens with one attached hydrogen (secondary N) is 1. The monoisotopic (exact) mass is 372 g/mol. The van der Waals surface area contributed by atoms with Crippen LogP contribution in [-0.2, 0) is 23.2 Å².